The van der Waals surface area contributed by atoms with Gasteiger partial charge in [-0.1, -0.05) is 24.3 Å². The summed E-state index contributed by atoms with van der Waals surface area (Å²) >= 11 is 0. The number of rotatable bonds is 5. The molecular formula is C15H19N3O2. The number of benzene rings is 1. The van der Waals surface area contributed by atoms with Crippen molar-refractivity contribution >= 4 is 22.5 Å². The summed E-state index contributed by atoms with van der Waals surface area (Å²) in [6.45, 7) is 2.37. The zero-order chi connectivity index (χ0) is 14.5. The van der Waals surface area contributed by atoms with Gasteiger partial charge in [0, 0.05) is 32.3 Å². The maximum absolute atomic E-state index is 12.3. The lowest BCUT2D eigenvalue weighted by atomic mass is 10.1. The quantitative estimate of drug-likeness (QED) is 0.875. The number of nitrogens with zero attached hydrogens (tertiary/aromatic N) is 1. The van der Waals surface area contributed by atoms with E-state index in [1.54, 1.807) is 13.3 Å². The van der Waals surface area contributed by atoms with Crippen LogP contribution < -0.4 is 10.6 Å². The molecule has 0 saturated carbocycles. The Labute approximate surface area is 118 Å². The van der Waals surface area contributed by atoms with Gasteiger partial charge in [-0.05, 0) is 12.3 Å². The largest absolute Gasteiger partial charge is 0.380 e. The first kappa shape index (κ1) is 14.3. The topological polar surface area (TPSA) is 63.2 Å². The summed E-state index contributed by atoms with van der Waals surface area (Å²) in [5, 5.41) is 7.70. The van der Waals surface area contributed by atoms with E-state index in [9.17, 15) is 4.79 Å². The van der Waals surface area contributed by atoms with Crippen LogP contribution in [-0.2, 0) is 4.74 Å². The molecule has 0 aliphatic carbocycles. The molecule has 1 unspecified atom stereocenters. The molecular weight excluding hydrogens is 254 g/mol. The van der Waals surface area contributed by atoms with E-state index in [2.05, 4.69) is 15.6 Å². The molecule has 0 radical (unpaired) electrons. The van der Waals surface area contributed by atoms with Gasteiger partial charge in [0.2, 0.25) is 0 Å². The Balaban J connectivity index is 2.33. The second-order valence-corrected chi connectivity index (χ2v) is 4.57. The molecule has 0 aliphatic rings. The van der Waals surface area contributed by atoms with Crippen LogP contribution in [0, 0.1) is 0 Å². The minimum atomic E-state index is -0.139. The first-order valence-electron chi connectivity index (χ1n) is 6.54. The van der Waals surface area contributed by atoms with Gasteiger partial charge in [-0.2, -0.15) is 0 Å². The van der Waals surface area contributed by atoms with E-state index in [1.807, 2.05) is 38.2 Å². The van der Waals surface area contributed by atoms with Gasteiger partial charge in [-0.3, -0.25) is 4.79 Å². The molecule has 2 N–H and O–H groups in total. The summed E-state index contributed by atoms with van der Waals surface area (Å²) in [6.07, 6.45) is 1.58. The maximum Gasteiger partial charge on any atom is 0.253 e. The van der Waals surface area contributed by atoms with Gasteiger partial charge in [0.15, 0.2) is 0 Å². The van der Waals surface area contributed by atoms with Crippen molar-refractivity contribution in [2.75, 3.05) is 26.0 Å². The second-order valence-electron chi connectivity index (χ2n) is 4.57. The lowest BCUT2D eigenvalue weighted by Crippen LogP contribution is -2.31. The van der Waals surface area contributed by atoms with Crippen molar-refractivity contribution in [3.63, 3.8) is 0 Å². The third kappa shape index (κ3) is 2.88. The van der Waals surface area contributed by atoms with Crippen LogP contribution >= 0.6 is 0 Å². The van der Waals surface area contributed by atoms with E-state index in [0.717, 1.165) is 16.6 Å². The molecule has 1 atom stereocenters. The molecule has 0 spiro atoms. The highest BCUT2D eigenvalue weighted by molar-refractivity contribution is 6.09. The van der Waals surface area contributed by atoms with Crippen molar-refractivity contribution in [2.24, 2.45) is 0 Å². The Hall–Kier alpha value is -2.14. The van der Waals surface area contributed by atoms with Gasteiger partial charge in [0.25, 0.3) is 5.91 Å². The van der Waals surface area contributed by atoms with Gasteiger partial charge < -0.3 is 15.4 Å². The standard InChI is InChI=1S/C15H19N3O2/c1-10(20-3)8-18-15(19)13-9-17-14(16-2)12-7-5-4-6-11(12)13/h4-7,9-10H,8H2,1-3H3,(H,16,17)(H,18,19). The van der Waals surface area contributed by atoms with E-state index in [0.29, 0.717) is 12.1 Å². The number of amides is 1. The summed E-state index contributed by atoms with van der Waals surface area (Å²) in [4.78, 5) is 16.5. The summed E-state index contributed by atoms with van der Waals surface area (Å²) < 4.78 is 5.12. The third-order valence-corrected chi connectivity index (χ3v) is 3.23. The minimum absolute atomic E-state index is 0.0187. The first-order chi connectivity index (χ1) is 9.67. The Morgan fingerprint density at radius 2 is 2.05 bits per heavy atom. The monoisotopic (exact) mass is 273 g/mol. The van der Waals surface area contributed by atoms with Gasteiger partial charge >= 0.3 is 0 Å². The lowest BCUT2D eigenvalue weighted by Gasteiger charge is -2.13. The summed E-state index contributed by atoms with van der Waals surface area (Å²) in [7, 11) is 3.43. The Bertz CT molecular complexity index is 613. The number of hydrogen-bond acceptors (Lipinski definition) is 4. The van der Waals surface area contributed by atoms with E-state index >= 15 is 0 Å². The van der Waals surface area contributed by atoms with Crippen molar-refractivity contribution in [1.82, 2.24) is 10.3 Å². The van der Waals surface area contributed by atoms with Crippen LogP contribution in [-0.4, -0.2) is 37.7 Å². The molecule has 1 amide bonds. The number of methoxy groups -OCH3 is 1. The smallest absolute Gasteiger partial charge is 0.253 e. The van der Waals surface area contributed by atoms with E-state index in [-0.39, 0.29) is 12.0 Å². The normalized spacial score (nSPS) is 12.2. The van der Waals surface area contributed by atoms with Crippen molar-refractivity contribution < 1.29 is 9.53 Å². The zero-order valence-electron chi connectivity index (χ0n) is 11.9. The Morgan fingerprint density at radius 3 is 2.70 bits per heavy atom. The Kier molecular flexibility index (Phi) is 4.53. The first-order valence-corrected chi connectivity index (χ1v) is 6.54. The molecule has 2 rings (SSSR count). The summed E-state index contributed by atoms with van der Waals surface area (Å²) in [5.41, 5.74) is 0.572. The summed E-state index contributed by atoms with van der Waals surface area (Å²) in [6, 6.07) is 7.71. The molecule has 0 aliphatic heterocycles. The Morgan fingerprint density at radius 1 is 1.35 bits per heavy atom. The molecule has 106 valence electrons. The van der Waals surface area contributed by atoms with Crippen LogP contribution in [0.3, 0.4) is 0 Å². The van der Waals surface area contributed by atoms with Crippen LogP contribution in [0.4, 0.5) is 5.82 Å². The molecule has 2 aromatic rings. The molecule has 20 heavy (non-hydrogen) atoms. The number of ether oxygens (including phenoxy) is 1. The van der Waals surface area contributed by atoms with Crippen LogP contribution in [0.1, 0.15) is 17.3 Å². The average molecular weight is 273 g/mol. The van der Waals surface area contributed by atoms with Gasteiger partial charge in [-0.25, -0.2) is 4.98 Å². The predicted octanol–water partition coefficient (Wildman–Crippen LogP) is 2.04. The number of carbonyl (C=O) groups excluding carboxylic acids is 1. The molecule has 0 bridgehead atoms. The second kappa shape index (κ2) is 6.34. The van der Waals surface area contributed by atoms with Crippen molar-refractivity contribution in [3.8, 4) is 0 Å². The van der Waals surface area contributed by atoms with Crippen LogP contribution in [0.2, 0.25) is 0 Å². The van der Waals surface area contributed by atoms with Crippen molar-refractivity contribution in [1.29, 1.82) is 0 Å². The lowest BCUT2D eigenvalue weighted by molar-refractivity contribution is 0.0871. The van der Waals surface area contributed by atoms with Crippen molar-refractivity contribution in [2.45, 2.75) is 13.0 Å². The highest BCUT2D eigenvalue weighted by Crippen LogP contribution is 2.23. The fourth-order valence-electron chi connectivity index (χ4n) is 1.99. The highest BCUT2D eigenvalue weighted by atomic mass is 16.5. The maximum atomic E-state index is 12.3. The molecule has 1 aromatic heterocycles. The van der Waals surface area contributed by atoms with Gasteiger partial charge in [-0.15, -0.1) is 0 Å². The van der Waals surface area contributed by atoms with Crippen LogP contribution in [0.5, 0.6) is 0 Å². The molecule has 1 heterocycles. The highest BCUT2D eigenvalue weighted by Gasteiger charge is 2.13. The number of aromatic nitrogens is 1. The molecule has 0 saturated heterocycles. The fourth-order valence-corrected chi connectivity index (χ4v) is 1.99. The van der Waals surface area contributed by atoms with Gasteiger partial charge in [0.05, 0.1) is 11.7 Å². The van der Waals surface area contributed by atoms with E-state index < -0.39 is 0 Å². The number of pyridine rings is 1. The number of carbonyl (C=O) groups is 1. The number of nitrogens with one attached hydrogen (secondary N) is 2. The SMILES string of the molecule is CNc1ncc(C(=O)NCC(C)OC)c2ccccc12. The zero-order valence-corrected chi connectivity index (χ0v) is 11.9. The third-order valence-electron chi connectivity index (χ3n) is 3.23. The fraction of sp³-hybridized carbons (Fsp3) is 0.333. The van der Waals surface area contributed by atoms with E-state index in [1.165, 1.54) is 0 Å². The molecule has 0 fully saturated rings. The number of hydrogen-bond donors (Lipinski definition) is 2. The number of fused-ring (bicyclic) bond motifs is 1. The predicted molar refractivity (Wildman–Crippen MR) is 80.1 cm³/mol. The molecule has 5 heteroatoms. The van der Waals surface area contributed by atoms with E-state index in [4.69, 9.17) is 4.74 Å². The molecule has 5 nitrogen and oxygen atoms in total. The van der Waals surface area contributed by atoms with Crippen molar-refractivity contribution in [3.05, 3.63) is 36.0 Å². The molecule has 1 aromatic carbocycles. The van der Waals surface area contributed by atoms with Gasteiger partial charge in [0.1, 0.15) is 5.82 Å². The average Bonchev–Trinajstić information content (AvgIpc) is 2.51. The van der Waals surface area contributed by atoms with Crippen LogP contribution in [0.25, 0.3) is 10.8 Å². The number of anilines is 1. The minimum Gasteiger partial charge on any atom is -0.380 e. The van der Waals surface area contributed by atoms with Crippen LogP contribution in [0.15, 0.2) is 30.5 Å². The summed E-state index contributed by atoms with van der Waals surface area (Å²) in [5.74, 6) is 0.627.